The van der Waals surface area contributed by atoms with E-state index in [0.717, 1.165) is 39.1 Å². The smallest absolute Gasteiger partial charge is 0.282 e. The maximum atomic E-state index is 13.7. The Morgan fingerprint density at radius 2 is 1.38 bits per heavy atom. The molecule has 3 aromatic rings. The Morgan fingerprint density at radius 1 is 0.719 bits per heavy atom. The molecule has 32 heavy (non-hydrogen) atoms. The second-order valence-electron chi connectivity index (χ2n) is 8.39. The Morgan fingerprint density at radius 3 is 2.00 bits per heavy atom. The van der Waals surface area contributed by atoms with E-state index in [0.29, 0.717) is 16.3 Å². The highest BCUT2D eigenvalue weighted by atomic mass is 35.5. The van der Waals surface area contributed by atoms with Crippen LogP contribution in [0, 0.1) is 34.6 Å². The summed E-state index contributed by atoms with van der Waals surface area (Å²) in [5, 5.41) is 3.77. The monoisotopic (exact) mass is 444 g/mol. The van der Waals surface area contributed by atoms with Gasteiger partial charge in [0.1, 0.15) is 5.70 Å². The highest BCUT2D eigenvalue weighted by Crippen LogP contribution is 2.36. The van der Waals surface area contributed by atoms with E-state index in [1.165, 1.54) is 4.90 Å². The van der Waals surface area contributed by atoms with E-state index in [1.54, 1.807) is 12.1 Å². The largest absolute Gasteiger partial charge is 0.350 e. The number of nitrogens with one attached hydrogen (secondary N) is 1. The molecule has 3 aromatic carbocycles. The maximum absolute atomic E-state index is 13.7. The number of amides is 2. The Labute approximate surface area is 193 Å². The molecule has 0 atom stereocenters. The van der Waals surface area contributed by atoms with Gasteiger partial charge in [0.05, 0.1) is 11.3 Å². The number of rotatable bonds is 4. The first-order valence-corrected chi connectivity index (χ1v) is 10.9. The summed E-state index contributed by atoms with van der Waals surface area (Å²) in [5.41, 5.74) is 7.64. The molecule has 1 aliphatic rings. The minimum atomic E-state index is -0.398. The molecule has 0 aliphatic carbocycles. The molecule has 0 unspecified atom stereocenters. The number of hydrogen-bond acceptors (Lipinski definition) is 3. The van der Waals surface area contributed by atoms with Crippen LogP contribution in [-0.2, 0) is 9.59 Å². The lowest BCUT2D eigenvalue weighted by Gasteiger charge is -2.17. The van der Waals surface area contributed by atoms with Gasteiger partial charge < -0.3 is 5.32 Å². The van der Waals surface area contributed by atoms with Gasteiger partial charge in [0.2, 0.25) is 0 Å². The van der Waals surface area contributed by atoms with Gasteiger partial charge in [-0.3, -0.25) is 9.59 Å². The first kappa shape index (κ1) is 21.8. The first-order valence-electron chi connectivity index (χ1n) is 10.5. The van der Waals surface area contributed by atoms with Gasteiger partial charge in [0, 0.05) is 10.7 Å². The summed E-state index contributed by atoms with van der Waals surface area (Å²) in [4.78, 5) is 28.5. The Balaban J connectivity index is 1.88. The van der Waals surface area contributed by atoms with Crippen LogP contribution >= 0.6 is 11.6 Å². The van der Waals surface area contributed by atoms with Crippen molar-refractivity contribution in [2.45, 2.75) is 34.6 Å². The molecule has 1 aliphatic heterocycles. The molecular weight excluding hydrogens is 420 g/mol. The highest BCUT2D eigenvalue weighted by molar-refractivity contribution is 6.46. The predicted molar refractivity (Wildman–Crippen MR) is 131 cm³/mol. The molecule has 1 N–H and O–H groups in total. The molecule has 1 heterocycles. The van der Waals surface area contributed by atoms with Gasteiger partial charge in [0.25, 0.3) is 11.8 Å². The maximum Gasteiger partial charge on any atom is 0.282 e. The van der Waals surface area contributed by atoms with Crippen molar-refractivity contribution in [1.82, 2.24) is 0 Å². The summed E-state index contributed by atoms with van der Waals surface area (Å²) < 4.78 is 0. The van der Waals surface area contributed by atoms with E-state index in [4.69, 9.17) is 11.6 Å². The van der Waals surface area contributed by atoms with Crippen LogP contribution in [0.3, 0.4) is 0 Å². The fraction of sp³-hybridized carbons (Fsp3) is 0.185. The summed E-state index contributed by atoms with van der Waals surface area (Å²) in [6.45, 7) is 9.83. The zero-order chi connectivity index (χ0) is 23.2. The van der Waals surface area contributed by atoms with E-state index >= 15 is 0 Å². The van der Waals surface area contributed by atoms with Crippen LogP contribution in [0.25, 0.3) is 5.57 Å². The zero-order valence-corrected chi connectivity index (χ0v) is 19.6. The number of hydrogen-bond donors (Lipinski definition) is 1. The van der Waals surface area contributed by atoms with Crippen molar-refractivity contribution < 1.29 is 9.59 Å². The summed E-state index contributed by atoms with van der Waals surface area (Å²) in [5.74, 6) is -0.765. The molecular formula is C27H25ClN2O2. The Kier molecular flexibility index (Phi) is 5.66. The number of aryl methyl sites for hydroxylation is 5. The molecule has 0 fully saturated rings. The van der Waals surface area contributed by atoms with Crippen LogP contribution in [0.1, 0.15) is 33.4 Å². The fourth-order valence-corrected chi connectivity index (χ4v) is 4.21. The molecule has 4 rings (SSSR count). The highest BCUT2D eigenvalue weighted by Gasteiger charge is 2.41. The van der Waals surface area contributed by atoms with Crippen LogP contribution in [0.5, 0.6) is 0 Å². The standard InChI is InChI=1S/C27H25ClN2O2/c1-15-6-10-21(18(4)12-15)24-25(29-23-11-7-16(2)13-19(23)5)27(32)30(26(24)31)20-9-8-17(3)22(28)14-20/h6-14,29H,1-5H3. The molecule has 0 radical (unpaired) electrons. The summed E-state index contributed by atoms with van der Waals surface area (Å²) >= 11 is 6.31. The molecule has 2 amide bonds. The summed E-state index contributed by atoms with van der Waals surface area (Å²) in [6.07, 6.45) is 0. The summed E-state index contributed by atoms with van der Waals surface area (Å²) in [7, 11) is 0. The third-order valence-electron chi connectivity index (χ3n) is 5.79. The van der Waals surface area contributed by atoms with E-state index in [9.17, 15) is 9.59 Å². The molecule has 0 saturated carbocycles. The fourth-order valence-electron chi connectivity index (χ4n) is 4.03. The SMILES string of the molecule is Cc1ccc(NC2=C(c3ccc(C)cc3C)C(=O)N(c3ccc(C)c(Cl)c3)C2=O)c(C)c1. The van der Waals surface area contributed by atoms with Gasteiger partial charge in [-0.25, -0.2) is 4.90 Å². The number of carbonyl (C=O) groups excluding carboxylic acids is 2. The van der Waals surface area contributed by atoms with E-state index in [2.05, 4.69) is 5.32 Å². The molecule has 0 spiro atoms. The van der Waals surface area contributed by atoms with Gasteiger partial charge in [-0.1, -0.05) is 59.1 Å². The number of benzene rings is 3. The minimum absolute atomic E-state index is 0.269. The van der Waals surface area contributed by atoms with Gasteiger partial charge >= 0.3 is 0 Å². The van der Waals surface area contributed by atoms with Crippen LogP contribution < -0.4 is 10.2 Å². The van der Waals surface area contributed by atoms with Crippen molar-refractivity contribution in [3.63, 3.8) is 0 Å². The predicted octanol–water partition coefficient (Wildman–Crippen LogP) is 6.28. The van der Waals surface area contributed by atoms with Crippen LogP contribution in [0.2, 0.25) is 5.02 Å². The number of nitrogens with zero attached hydrogens (tertiary/aromatic N) is 1. The molecule has 0 saturated heterocycles. The van der Waals surface area contributed by atoms with Gasteiger partial charge in [-0.2, -0.15) is 0 Å². The molecule has 0 aromatic heterocycles. The van der Waals surface area contributed by atoms with Crippen molar-refractivity contribution in [2.75, 3.05) is 10.2 Å². The normalized spacial score (nSPS) is 13.9. The number of halogens is 1. The lowest BCUT2D eigenvalue weighted by Crippen LogP contribution is -2.32. The van der Waals surface area contributed by atoms with E-state index in [1.807, 2.05) is 77.1 Å². The summed E-state index contributed by atoms with van der Waals surface area (Å²) in [6, 6.07) is 17.0. The van der Waals surface area contributed by atoms with E-state index in [-0.39, 0.29) is 11.6 Å². The second kappa shape index (κ2) is 8.29. The average Bonchev–Trinajstić information content (AvgIpc) is 2.96. The van der Waals surface area contributed by atoms with Gasteiger partial charge in [-0.05, 0) is 75.1 Å². The number of imide groups is 1. The second-order valence-corrected chi connectivity index (χ2v) is 8.80. The third-order valence-corrected chi connectivity index (χ3v) is 6.20. The van der Waals surface area contributed by atoms with Crippen molar-refractivity contribution in [1.29, 1.82) is 0 Å². The minimum Gasteiger partial charge on any atom is -0.350 e. The Hall–Kier alpha value is -3.37. The molecule has 5 heteroatoms. The first-order chi connectivity index (χ1) is 15.2. The van der Waals surface area contributed by atoms with Crippen molar-refractivity contribution >= 4 is 40.4 Å². The Bertz CT molecular complexity index is 1310. The molecule has 162 valence electrons. The van der Waals surface area contributed by atoms with Crippen molar-refractivity contribution in [2.24, 2.45) is 0 Å². The lowest BCUT2D eigenvalue weighted by molar-refractivity contribution is -0.120. The van der Waals surface area contributed by atoms with Gasteiger partial charge in [-0.15, -0.1) is 0 Å². The third kappa shape index (κ3) is 3.82. The zero-order valence-electron chi connectivity index (χ0n) is 18.8. The van der Waals surface area contributed by atoms with Crippen LogP contribution in [0.15, 0.2) is 60.3 Å². The number of carbonyl (C=O) groups is 2. The molecule has 0 bridgehead atoms. The molecule has 4 nitrogen and oxygen atoms in total. The number of anilines is 2. The van der Waals surface area contributed by atoms with Gasteiger partial charge in [0.15, 0.2) is 0 Å². The lowest BCUT2D eigenvalue weighted by atomic mass is 9.97. The van der Waals surface area contributed by atoms with Crippen molar-refractivity contribution in [3.05, 3.63) is 98.7 Å². The average molecular weight is 445 g/mol. The van der Waals surface area contributed by atoms with Crippen molar-refractivity contribution in [3.8, 4) is 0 Å². The van der Waals surface area contributed by atoms with Crippen LogP contribution in [0.4, 0.5) is 11.4 Å². The van der Waals surface area contributed by atoms with E-state index < -0.39 is 5.91 Å². The quantitative estimate of drug-likeness (QED) is 0.482. The topological polar surface area (TPSA) is 49.4 Å². The van der Waals surface area contributed by atoms with Crippen LogP contribution in [-0.4, -0.2) is 11.8 Å².